The number of aromatic nitrogens is 1. The quantitative estimate of drug-likeness (QED) is 0.774. The maximum absolute atomic E-state index is 6.27. The van der Waals surface area contributed by atoms with Gasteiger partial charge in [-0.25, -0.2) is 4.98 Å². The third-order valence-corrected chi connectivity index (χ3v) is 4.51. The van der Waals surface area contributed by atoms with E-state index >= 15 is 0 Å². The Hall–Kier alpha value is -1.09. The molecular weight excluding hydrogens is 252 g/mol. The van der Waals surface area contributed by atoms with Gasteiger partial charge in [0.15, 0.2) is 0 Å². The summed E-state index contributed by atoms with van der Waals surface area (Å²) in [5.41, 5.74) is 11.2. The van der Waals surface area contributed by atoms with E-state index in [0.29, 0.717) is 0 Å². The molecule has 1 aromatic carbocycles. The monoisotopic (exact) mass is 276 g/mol. The molecule has 0 fully saturated rings. The Balaban J connectivity index is 2.59. The summed E-state index contributed by atoms with van der Waals surface area (Å²) < 4.78 is 1.27. The highest BCUT2D eigenvalue weighted by Gasteiger charge is 2.14. The number of fused-ring (bicyclic) bond motifs is 1. The molecule has 0 amide bonds. The molecule has 19 heavy (non-hydrogen) atoms. The normalized spacial score (nSPS) is 11.3. The van der Waals surface area contributed by atoms with Crippen molar-refractivity contribution in [2.75, 3.05) is 5.73 Å². The molecule has 0 atom stereocenters. The van der Waals surface area contributed by atoms with E-state index in [0.717, 1.165) is 44.2 Å². The van der Waals surface area contributed by atoms with E-state index in [4.69, 9.17) is 10.7 Å². The SMILES string of the molecule is CCCc1nc2c(CCC)c(CCC)c(N)cc2s1. The maximum Gasteiger partial charge on any atom is 0.0938 e. The summed E-state index contributed by atoms with van der Waals surface area (Å²) >= 11 is 1.81. The van der Waals surface area contributed by atoms with Crippen molar-refractivity contribution in [3.63, 3.8) is 0 Å². The summed E-state index contributed by atoms with van der Waals surface area (Å²) in [7, 11) is 0. The fourth-order valence-electron chi connectivity index (χ4n) is 2.62. The van der Waals surface area contributed by atoms with Gasteiger partial charge in [-0.05, 0) is 42.9 Å². The first kappa shape index (κ1) is 14.3. The summed E-state index contributed by atoms with van der Waals surface area (Å²) in [6.45, 7) is 6.64. The fourth-order valence-corrected chi connectivity index (χ4v) is 3.77. The molecule has 0 aliphatic rings. The van der Waals surface area contributed by atoms with Gasteiger partial charge in [0.2, 0.25) is 0 Å². The minimum absolute atomic E-state index is 0.962. The lowest BCUT2D eigenvalue weighted by Crippen LogP contribution is -2.01. The van der Waals surface area contributed by atoms with Gasteiger partial charge in [0, 0.05) is 5.69 Å². The molecule has 0 bridgehead atoms. The summed E-state index contributed by atoms with van der Waals surface area (Å²) in [6, 6.07) is 2.14. The van der Waals surface area contributed by atoms with Crippen LogP contribution in [0, 0.1) is 0 Å². The molecule has 0 aliphatic heterocycles. The molecule has 0 saturated carbocycles. The van der Waals surface area contributed by atoms with Crippen LogP contribution in [0.25, 0.3) is 10.2 Å². The minimum Gasteiger partial charge on any atom is -0.398 e. The highest BCUT2D eigenvalue weighted by Crippen LogP contribution is 2.33. The van der Waals surface area contributed by atoms with Gasteiger partial charge in [-0.15, -0.1) is 11.3 Å². The fraction of sp³-hybridized carbons (Fsp3) is 0.562. The first-order valence-electron chi connectivity index (χ1n) is 7.40. The van der Waals surface area contributed by atoms with E-state index in [2.05, 4.69) is 26.8 Å². The van der Waals surface area contributed by atoms with Crippen molar-refractivity contribution in [3.8, 4) is 0 Å². The van der Waals surface area contributed by atoms with E-state index in [1.807, 2.05) is 11.3 Å². The number of thiazole rings is 1. The molecule has 0 aliphatic carbocycles. The number of hydrogen-bond donors (Lipinski definition) is 1. The highest BCUT2D eigenvalue weighted by atomic mass is 32.1. The second-order valence-electron chi connectivity index (χ2n) is 5.13. The van der Waals surface area contributed by atoms with Gasteiger partial charge in [0.25, 0.3) is 0 Å². The van der Waals surface area contributed by atoms with Gasteiger partial charge in [-0.2, -0.15) is 0 Å². The van der Waals surface area contributed by atoms with Crippen molar-refractivity contribution >= 4 is 27.2 Å². The lowest BCUT2D eigenvalue weighted by Gasteiger charge is -2.12. The lowest BCUT2D eigenvalue weighted by atomic mass is 9.96. The van der Waals surface area contributed by atoms with Crippen molar-refractivity contribution in [3.05, 3.63) is 22.2 Å². The van der Waals surface area contributed by atoms with Crippen LogP contribution < -0.4 is 5.73 Å². The largest absolute Gasteiger partial charge is 0.398 e. The maximum atomic E-state index is 6.27. The standard InChI is InChI=1S/C16H24N2S/c1-4-7-11-12(8-5-2)16-14(10-13(11)17)19-15(18-16)9-6-3/h10H,4-9,17H2,1-3H3. The van der Waals surface area contributed by atoms with E-state index < -0.39 is 0 Å². The van der Waals surface area contributed by atoms with Crippen LogP contribution in [-0.2, 0) is 19.3 Å². The molecule has 2 aromatic rings. The first-order chi connectivity index (χ1) is 9.21. The number of anilines is 1. The Kier molecular flexibility index (Phi) is 4.81. The van der Waals surface area contributed by atoms with Crippen LogP contribution in [0.3, 0.4) is 0 Å². The molecule has 2 N–H and O–H groups in total. The Labute approximate surface area is 120 Å². The molecule has 104 valence electrons. The summed E-state index contributed by atoms with van der Waals surface area (Å²) in [5, 5.41) is 1.25. The van der Waals surface area contributed by atoms with Gasteiger partial charge in [0.05, 0.1) is 15.2 Å². The molecule has 0 radical (unpaired) electrons. The van der Waals surface area contributed by atoms with Gasteiger partial charge in [0.1, 0.15) is 0 Å². The third-order valence-electron chi connectivity index (χ3n) is 3.45. The van der Waals surface area contributed by atoms with Gasteiger partial charge in [-0.1, -0.05) is 33.6 Å². The average molecular weight is 276 g/mol. The van der Waals surface area contributed by atoms with E-state index in [-0.39, 0.29) is 0 Å². The van der Waals surface area contributed by atoms with Crippen LogP contribution in [0.2, 0.25) is 0 Å². The molecule has 3 heteroatoms. The number of aryl methyl sites for hydroxylation is 2. The number of nitrogens with zero attached hydrogens (tertiary/aromatic N) is 1. The molecule has 2 nitrogen and oxygen atoms in total. The zero-order chi connectivity index (χ0) is 13.8. The highest BCUT2D eigenvalue weighted by molar-refractivity contribution is 7.18. The van der Waals surface area contributed by atoms with Gasteiger partial charge < -0.3 is 5.73 Å². The number of nitrogens with two attached hydrogens (primary N) is 1. The smallest absolute Gasteiger partial charge is 0.0938 e. The molecular formula is C16H24N2S. The average Bonchev–Trinajstić information content (AvgIpc) is 2.76. The van der Waals surface area contributed by atoms with E-state index in [1.165, 1.54) is 26.4 Å². The number of hydrogen-bond acceptors (Lipinski definition) is 3. The van der Waals surface area contributed by atoms with Gasteiger partial charge >= 0.3 is 0 Å². The van der Waals surface area contributed by atoms with Crippen LogP contribution >= 0.6 is 11.3 Å². The number of benzene rings is 1. The zero-order valence-corrected chi connectivity index (χ0v) is 13.1. The van der Waals surface area contributed by atoms with Crippen LogP contribution in [-0.4, -0.2) is 4.98 Å². The number of nitrogen functional groups attached to an aromatic ring is 1. The van der Waals surface area contributed by atoms with Crippen LogP contribution in [0.15, 0.2) is 6.07 Å². The van der Waals surface area contributed by atoms with Crippen molar-refractivity contribution in [2.45, 2.75) is 59.3 Å². The Morgan fingerprint density at radius 3 is 2.26 bits per heavy atom. The zero-order valence-electron chi connectivity index (χ0n) is 12.3. The van der Waals surface area contributed by atoms with Gasteiger partial charge in [-0.3, -0.25) is 0 Å². The Morgan fingerprint density at radius 2 is 1.63 bits per heavy atom. The summed E-state index contributed by atoms with van der Waals surface area (Å²) in [4.78, 5) is 4.87. The molecule has 0 spiro atoms. The van der Waals surface area contributed by atoms with Crippen molar-refractivity contribution in [1.29, 1.82) is 0 Å². The van der Waals surface area contributed by atoms with E-state index in [9.17, 15) is 0 Å². The van der Waals surface area contributed by atoms with Crippen LogP contribution in [0.4, 0.5) is 5.69 Å². The van der Waals surface area contributed by atoms with Crippen LogP contribution in [0.1, 0.15) is 56.2 Å². The molecule has 1 heterocycles. The molecule has 1 aromatic heterocycles. The second-order valence-corrected chi connectivity index (χ2v) is 6.24. The van der Waals surface area contributed by atoms with Crippen LogP contribution in [0.5, 0.6) is 0 Å². The molecule has 2 rings (SSSR count). The minimum atomic E-state index is 0.962. The third kappa shape index (κ3) is 2.92. The van der Waals surface area contributed by atoms with Crippen molar-refractivity contribution < 1.29 is 0 Å². The number of rotatable bonds is 6. The topological polar surface area (TPSA) is 38.9 Å². The molecule has 0 saturated heterocycles. The Bertz CT molecular complexity index is 557. The predicted octanol–water partition coefficient (Wildman–Crippen LogP) is 4.74. The summed E-state index contributed by atoms with van der Waals surface area (Å²) in [6.07, 6.45) is 6.67. The Morgan fingerprint density at radius 1 is 1.00 bits per heavy atom. The second kappa shape index (κ2) is 6.38. The molecule has 0 unspecified atom stereocenters. The van der Waals surface area contributed by atoms with Crippen molar-refractivity contribution in [2.24, 2.45) is 0 Å². The predicted molar refractivity (Wildman–Crippen MR) is 86.0 cm³/mol. The summed E-state index contributed by atoms with van der Waals surface area (Å²) in [5.74, 6) is 0. The van der Waals surface area contributed by atoms with Crippen molar-refractivity contribution in [1.82, 2.24) is 4.98 Å². The first-order valence-corrected chi connectivity index (χ1v) is 8.22. The lowest BCUT2D eigenvalue weighted by molar-refractivity contribution is 0.866. The van der Waals surface area contributed by atoms with E-state index in [1.54, 1.807) is 0 Å².